The van der Waals surface area contributed by atoms with E-state index in [1.807, 2.05) is 18.2 Å². The predicted octanol–water partition coefficient (Wildman–Crippen LogP) is 3.28. The van der Waals surface area contributed by atoms with Crippen molar-refractivity contribution in [1.82, 2.24) is 9.88 Å². The molecular weight excluding hydrogens is 380 g/mol. The SMILES string of the molecule is O=C1CC2(CCCN(C(=O)c3cc4c([nH]c3=O)CCCC4)CC2)Oc2ccccc21. The highest BCUT2D eigenvalue weighted by atomic mass is 16.5. The molecule has 6 nitrogen and oxygen atoms in total. The molecule has 1 aliphatic carbocycles. The molecule has 0 radical (unpaired) electrons. The average molecular weight is 406 g/mol. The van der Waals surface area contributed by atoms with E-state index in [4.69, 9.17) is 4.74 Å². The molecule has 1 N–H and O–H groups in total. The smallest absolute Gasteiger partial charge is 0.261 e. The fraction of sp³-hybridized carbons (Fsp3) is 0.458. The van der Waals surface area contributed by atoms with E-state index < -0.39 is 5.60 Å². The van der Waals surface area contributed by atoms with E-state index in [2.05, 4.69) is 4.98 Å². The number of likely N-dealkylation sites (tertiary alicyclic amines) is 1. The van der Waals surface area contributed by atoms with Crippen LogP contribution in [0.25, 0.3) is 0 Å². The highest BCUT2D eigenvalue weighted by Gasteiger charge is 2.42. The lowest BCUT2D eigenvalue weighted by Gasteiger charge is -2.37. The highest BCUT2D eigenvalue weighted by Crippen LogP contribution is 2.39. The van der Waals surface area contributed by atoms with E-state index in [0.29, 0.717) is 37.2 Å². The van der Waals surface area contributed by atoms with Gasteiger partial charge in [0.15, 0.2) is 5.78 Å². The molecule has 1 fully saturated rings. The Morgan fingerprint density at radius 1 is 1.03 bits per heavy atom. The Hall–Kier alpha value is -2.89. The lowest BCUT2D eigenvalue weighted by Crippen LogP contribution is -2.43. The van der Waals surface area contributed by atoms with Gasteiger partial charge in [0.1, 0.15) is 16.9 Å². The molecule has 3 heterocycles. The van der Waals surface area contributed by atoms with Gasteiger partial charge in [0.25, 0.3) is 11.5 Å². The van der Waals surface area contributed by atoms with Crippen molar-refractivity contribution in [3.63, 3.8) is 0 Å². The van der Waals surface area contributed by atoms with Crippen LogP contribution in [0.2, 0.25) is 0 Å². The van der Waals surface area contributed by atoms with E-state index in [1.54, 1.807) is 17.0 Å². The van der Waals surface area contributed by atoms with Crippen LogP contribution in [0, 0.1) is 0 Å². The van der Waals surface area contributed by atoms with Crippen molar-refractivity contribution in [2.24, 2.45) is 0 Å². The van der Waals surface area contributed by atoms with Gasteiger partial charge < -0.3 is 14.6 Å². The second-order valence-corrected chi connectivity index (χ2v) is 8.75. The first-order valence-electron chi connectivity index (χ1n) is 10.9. The fourth-order valence-electron chi connectivity index (χ4n) is 5.10. The van der Waals surface area contributed by atoms with Gasteiger partial charge in [0, 0.05) is 25.2 Å². The van der Waals surface area contributed by atoms with Crippen LogP contribution in [-0.4, -0.2) is 40.3 Å². The van der Waals surface area contributed by atoms with Gasteiger partial charge in [-0.05, 0) is 62.3 Å². The Bertz CT molecular complexity index is 1070. The van der Waals surface area contributed by atoms with Crippen LogP contribution < -0.4 is 10.3 Å². The number of pyridine rings is 1. The van der Waals surface area contributed by atoms with Gasteiger partial charge in [-0.3, -0.25) is 14.4 Å². The number of aromatic nitrogens is 1. The molecule has 1 saturated heterocycles. The van der Waals surface area contributed by atoms with Crippen LogP contribution in [-0.2, 0) is 12.8 Å². The van der Waals surface area contributed by atoms with Crippen molar-refractivity contribution in [1.29, 1.82) is 0 Å². The van der Waals surface area contributed by atoms with E-state index in [-0.39, 0.29) is 22.8 Å². The summed E-state index contributed by atoms with van der Waals surface area (Å²) in [6.07, 6.45) is 6.33. The van der Waals surface area contributed by atoms with E-state index in [0.717, 1.165) is 49.8 Å². The second-order valence-electron chi connectivity index (χ2n) is 8.75. The number of H-pyrrole nitrogens is 1. The zero-order valence-electron chi connectivity index (χ0n) is 17.0. The molecule has 1 aromatic carbocycles. The van der Waals surface area contributed by atoms with Crippen LogP contribution in [0.1, 0.15) is 70.5 Å². The molecule has 0 bridgehead atoms. The summed E-state index contributed by atoms with van der Waals surface area (Å²) in [5.74, 6) is 0.520. The number of nitrogens with zero attached hydrogens (tertiary/aromatic N) is 1. The van der Waals surface area contributed by atoms with Gasteiger partial charge in [0.05, 0.1) is 12.0 Å². The maximum atomic E-state index is 13.2. The number of nitrogens with one attached hydrogen (secondary N) is 1. The number of aryl methyl sites for hydroxylation is 2. The Kier molecular flexibility index (Phi) is 4.72. The number of hydrogen-bond donors (Lipinski definition) is 1. The first-order chi connectivity index (χ1) is 14.5. The van der Waals surface area contributed by atoms with Gasteiger partial charge in [-0.1, -0.05) is 12.1 Å². The number of fused-ring (bicyclic) bond motifs is 2. The number of Topliss-reactive ketones (excluding diaryl/α,β-unsaturated/α-hetero) is 1. The first-order valence-corrected chi connectivity index (χ1v) is 10.9. The lowest BCUT2D eigenvalue weighted by molar-refractivity contribution is 0.0300. The first kappa shape index (κ1) is 19.1. The average Bonchev–Trinajstić information content (AvgIpc) is 2.95. The molecule has 5 rings (SSSR count). The molecule has 0 saturated carbocycles. The third-order valence-corrected chi connectivity index (χ3v) is 6.75. The quantitative estimate of drug-likeness (QED) is 0.788. The molecule has 3 aliphatic rings. The van der Waals surface area contributed by atoms with E-state index in [9.17, 15) is 14.4 Å². The zero-order valence-corrected chi connectivity index (χ0v) is 17.0. The molecule has 156 valence electrons. The Morgan fingerprint density at radius 2 is 1.87 bits per heavy atom. The van der Waals surface area contributed by atoms with Crippen LogP contribution in [0.5, 0.6) is 5.75 Å². The highest BCUT2D eigenvalue weighted by molar-refractivity contribution is 6.00. The predicted molar refractivity (Wildman–Crippen MR) is 112 cm³/mol. The molecule has 6 heteroatoms. The number of hydrogen-bond acceptors (Lipinski definition) is 4. The summed E-state index contributed by atoms with van der Waals surface area (Å²) >= 11 is 0. The number of rotatable bonds is 1. The summed E-state index contributed by atoms with van der Waals surface area (Å²) in [6.45, 7) is 1.04. The maximum Gasteiger partial charge on any atom is 0.261 e. The molecular formula is C24H26N2O4. The molecule has 1 aromatic heterocycles. The van der Waals surface area contributed by atoms with Gasteiger partial charge in [-0.15, -0.1) is 0 Å². The minimum Gasteiger partial charge on any atom is -0.486 e. The van der Waals surface area contributed by atoms with Crippen molar-refractivity contribution in [2.75, 3.05) is 13.1 Å². The summed E-state index contributed by atoms with van der Waals surface area (Å²) < 4.78 is 6.32. The lowest BCUT2D eigenvalue weighted by atomic mass is 9.84. The maximum absolute atomic E-state index is 13.2. The zero-order chi connectivity index (χ0) is 20.7. The number of para-hydroxylation sites is 1. The normalized spacial score (nSPS) is 23.3. The summed E-state index contributed by atoms with van der Waals surface area (Å²) in [4.78, 5) is 43.1. The van der Waals surface area contributed by atoms with Crippen molar-refractivity contribution >= 4 is 11.7 Å². The van der Waals surface area contributed by atoms with Crippen LogP contribution >= 0.6 is 0 Å². The third-order valence-electron chi connectivity index (χ3n) is 6.75. The Balaban J connectivity index is 1.36. The Morgan fingerprint density at radius 3 is 2.77 bits per heavy atom. The number of amides is 1. The molecule has 2 aromatic rings. The minimum atomic E-state index is -0.567. The Labute approximate surface area is 175 Å². The van der Waals surface area contributed by atoms with Crippen LogP contribution in [0.4, 0.5) is 0 Å². The van der Waals surface area contributed by atoms with Crippen molar-refractivity contribution in [2.45, 2.75) is 57.0 Å². The topological polar surface area (TPSA) is 79.5 Å². The van der Waals surface area contributed by atoms with Crippen LogP contribution in [0.3, 0.4) is 0 Å². The third kappa shape index (κ3) is 3.34. The van der Waals surface area contributed by atoms with Crippen molar-refractivity contribution in [3.8, 4) is 5.75 Å². The van der Waals surface area contributed by atoms with Gasteiger partial charge in [-0.25, -0.2) is 0 Å². The molecule has 1 atom stereocenters. The molecule has 2 aliphatic heterocycles. The standard InChI is InChI=1S/C24H26N2O4/c27-20-15-24(30-21-9-4-2-7-17(20)21)10-5-12-26(13-11-24)23(29)18-14-16-6-1-3-8-19(16)25-22(18)28/h2,4,7,9,14H,1,3,5-6,8,10-13,15H2,(H,25,28). The molecule has 1 spiro atoms. The fourth-order valence-corrected chi connectivity index (χ4v) is 5.10. The molecule has 1 amide bonds. The number of aromatic amines is 1. The number of benzene rings is 1. The summed E-state index contributed by atoms with van der Waals surface area (Å²) in [7, 11) is 0. The monoisotopic (exact) mass is 406 g/mol. The number of carbonyl (C=O) groups is 2. The second kappa shape index (κ2) is 7.42. The van der Waals surface area contributed by atoms with E-state index in [1.165, 1.54) is 0 Å². The van der Waals surface area contributed by atoms with Gasteiger partial charge >= 0.3 is 0 Å². The van der Waals surface area contributed by atoms with Crippen molar-refractivity contribution < 1.29 is 14.3 Å². The summed E-state index contributed by atoms with van der Waals surface area (Å²) in [5, 5.41) is 0. The molecule has 30 heavy (non-hydrogen) atoms. The summed E-state index contributed by atoms with van der Waals surface area (Å²) in [5.41, 5.74) is 2.08. The number of carbonyl (C=O) groups excluding carboxylic acids is 2. The van der Waals surface area contributed by atoms with Crippen molar-refractivity contribution in [3.05, 3.63) is 63.1 Å². The summed E-state index contributed by atoms with van der Waals surface area (Å²) in [6, 6.07) is 9.17. The number of ketones is 1. The minimum absolute atomic E-state index is 0.0998. The molecule has 1 unspecified atom stereocenters. The van der Waals surface area contributed by atoms with Gasteiger partial charge in [-0.2, -0.15) is 0 Å². The van der Waals surface area contributed by atoms with Gasteiger partial charge in [0.2, 0.25) is 0 Å². The van der Waals surface area contributed by atoms with Crippen LogP contribution in [0.15, 0.2) is 35.1 Å². The van der Waals surface area contributed by atoms with E-state index >= 15 is 0 Å². The number of ether oxygens (including phenoxy) is 1. The largest absolute Gasteiger partial charge is 0.486 e.